The number of carbonyl (C=O) groups is 2. The van der Waals surface area contributed by atoms with E-state index in [2.05, 4.69) is 5.32 Å². The Bertz CT molecular complexity index is 1070. The van der Waals surface area contributed by atoms with Crippen molar-refractivity contribution in [1.82, 2.24) is 5.32 Å². The first-order valence-electron chi connectivity index (χ1n) is 8.90. The maximum atomic E-state index is 13.9. The van der Waals surface area contributed by atoms with E-state index in [4.69, 9.17) is 5.11 Å². The number of carbonyl (C=O) groups excluding carboxylic acids is 1. The predicted octanol–water partition coefficient (Wildman–Crippen LogP) is 3.48. The summed E-state index contributed by atoms with van der Waals surface area (Å²) in [7, 11) is -1.06. The lowest BCUT2D eigenvalue weighted by atomic mass is 10.0. The van der Waals surface area contributed by atoms with Crippen molar-refractivity contribution in [2.24, 2.45) is 0 Å². The van der Waals surface area contributed by atoms with Crippen LogP contribution in [0.15, 0.2) is 52.9 Å². The van der Waals surface area contributed by atoms with Crippen LogP contribution in [0.2, 0.25) is 0 Å². The molecule has 0 aliphatic heterocycles. The van der Waals surface area contributed by atoms with Crippen molar-refractivity contribution in [2.45, 2.75) is 18.2 Å². The molecule has 2 aromatic rings. The minimum absolute atomic E-state index is 0.0410. The van der Waals surface area contributed by atoms with Crippen LogP contribution in [0.3, 0.4) is 0 Å². The Labute approximate surface area is 170 Å². The molecule has 2 N–H and O–H groups in total. The summed E-state index contributed by atoms with van der Waals surface area (Å²) in [6.07, 6.45) is 3.51. The zero-order chi connectivity index (χ0) is 21.1. The van der Waals surface area contributed by atoms with Gasteiger partial charge in [-0.15, -0.1) is 0 Å². The fraction of sp³-hybridized carbons (Fsp3) is 0.182. The van der Waals surface area contributed by atoms with Crippen LogP contribution in [0.5, 0.6) is 0 Å². The molecule has 1 aliphatic rings. The topological polar surface area (TPSA) is 83.5 Å². The third kappa shape index (κ3) is 4.68. The summed E-state index contributed by atoms with van der Waals surface area (Å²) in [4.78, 5) is 23.6. The standard InChI is InChI=1S/C22H20FNO4S/c1-13-18(9-14-3-6-16(7-4-14)29(2)28)17-8-5-15(23)10-20(17)19(13)11-21(25)24-12-22(26)27/h3-10H,11-12H2,1-2H3,(H,24,25)(H,26,27)/b18-9-. The molecule has 0 heterocycles. The van der Waals surface area contributed by atoms with E-state index in [0.29, 0.717) is 11.1 Å². The average Bonchev–Trinajstić information content (AvgIpc) is 2.92. The minimum atomic E-state index is -1.13. The maximum absolute atomic E-state index is 13.9. The van der Waals surface area contributed by atoms with Gasteiger partial charge in [0.2, 0.25) is 5.91 Å². The second kappa shape index (κ2) is 8.53. The van der Waals surface area contributed by atoms with Gasteiger partial charge in [-0.25, -0.2) is 4.39 Å². The number of fused-ring (bicyclic) bond motifs is 1. The largest absolute Gasteiger partial charge is 0.480 e. The molecule has 1 unspecified atom stereocenters. The van der Waals surface area contributed by atoms with Crippen LogP contribution in [0, 0.1) is 5.82 Å². The van der Waals surface area contributed by atoms with Crippen molar-refractivity contribution in [2.75, 3.05) is 12.8 Å². The van der Waals surface area contributed by atoms with Crippen molar-refractivity contribution < 1.29 is 23.3 Å². The van der Waals surface area contributed by atoms with E-state index in [9.17, 15) is 18.2 Å². The Balaban J connectivity index is 1.99. The molecule has 5 nitrogen and oxygen atoms in total. The fourth-order valence-electron chi connectivity index (χ4n) is 3.30. The number of rotatable bonds is 6. The highest BCUT2D eigenvalue weighted by molar-refractivity contribution is 7.84. The van der Waals surface area contributed by atoms with Gasteiger partial charge in [0.05, 0.1) is 6.42 Å². The lowest BCUT2D eigenvalue weighted by molar-refractivity contribution is -0.137. The smallest absolute Gasteiger partial charge is 0.322 e. The summed E-state index contributed by atoms with van der Waals surface area (Å²) in [5.41, 5.74) is 4.70. The zero-order valence-corrected chi connectivity index (χ0v) is 16.8. The van der Waals surface area contributed by atoms with E-state index < -0.39 is 35.0 Å². The number of hydrogen-bond acceptors (Lipinski definition) is 3. The highest BCUT2D eigenvalue weighted by atomic mass is 32.2. The molecule has 0 spiro atoms. The second-order valence-electron chi connectivity index (χ2n) is 6.72. The first kappa shape index (κ1) is 20.7. The number of aliphatic carboxylic acids is 1. The van der Waals surface area contributed by atoms with E-state index in [1.807, 2.05) is 25.1 Å². The van der Waals surface area contributed by atoms with Gasteiger partial charge in [0.1, 0.15) is 12.4 Å². The quantitative estimate of drug-likeness (QED) is 0.760. The minimum Gasteiger partial charge on any atom is -0.480 e. The number of allylic oxidation sites excluding steroid dienone is 2. The number of nitrogens with one attached hydrogen (secondary N) is 1. The van der Waals surface area contributed by atoms with Gasteiger partial charge in [0.25, 0.3) is 0 Å². The molecule has 0 fully saturated rings. The summed E-state index contributed by atoms with van der Waals surface area (Å²) in [6.45, 7) is 1.40. The third-order valence-corrected chi connectivity index (χ3v) is 5.69. The van der Waals surface area contributed by atoms with E-state index in [1.54, 1.807) is 24.5 Å². The number of carboxylic acid groups (broad SMARTS) is 1. The molecule has 0 radical (unpaired) electrons. The summed E-state index contributed by atoms with van der Waals surface area (Å²) in [5.74, 6) is -1.97. The number of halogens is 1. The molecule has 29 heavy (non-hydrogen) atoms. The van der Waals surface area contributed by atoms with Crippen molar-refractivity contribution >= 4 is 39.9 Å². The second-order valence-corrected chi connectivity index (χ2v) is 8.10. The molecule has 0 bridgehead atoms. The Morgan fingerprint density at radius 2 is 1.83 bits per heavy atom. The zero-order valence-electron chi connectivity index (χ0n) is 16.0. The fourth-order valence-corrected chi connectivity index (χ4v) is 3.82. The van der Waals surface area contributed by atoms with Gasteiger partial charge in [-0.1, -0.05) is 18.2 Å². The summed E-state index contributed by atoms with van der Waals surface area (Å²) >= 11 is 0. The van der Waals surface area contributed by atoms with Gasteiger partial charge < -0.3 is 10.4 Å². The number of hydrogen-bond donors (Lipinski definition) is 2. The van der Waals surface area contributed by atoms with Crippen LogP contribution in [0.1, 0.15) is 30.0 Å². The molecule has 7 heteroatoms. The molecule has 2 aromatic carbocycles. The van der Waals surface area contributed by atoms with Gasteiger partial charge in [0, 0.05) is 22.0 Å². The summed E-state index contributed by atoms with van der Waals surface area (Å²) in [6, 6.07) is 11.7. The van der Waals surface area contributed by atoms with Crippen molar-refractivity contribution in [1.29, 1.82) is 0 Å². The van der Waals surface area contributed by atoms with E-state index >= 15 is 0 Å². The van der Waals surface area contributed by atoms with Crippen LogP contribution < -0.4 is 5.32 Å². The van der Waals surface area contributed by atoms with Gasteiger partial charge >= 0.3 is 5.97 Å². The lowest BCUT2D eigenvalue weighted by Crippen LogP contribution is -2.29. The van der Waals surface area contributed by atoms with Crippen LogP contribution >= 0.6 is 0 Å². The predicted molar refractivity (Wildman–Crippen MR) is 111 cm³/mol. The Morgan fingerprint density at radius 1 is 1.14 bits per heavy atom. The van der Waals surface area contributed by atoms with Crippen molar-refractivity contribution in [3.8, 4) is 0 Å². The van der Waals surface area contributed by atoms with Gasteiger partial charge in [-0.3, -0.25) is 13.8 Å². The molecular formula is C22H20FNO4S. The van der Waals surface area contributed by atoms with Crippen LogP contribution in [-0.4, -0.2) is 34.0 Å². The van der Waals surface area contributed by atoms with Gasteiger partial charge in [0.15, 0.2) is 0 Å². The Hall–Kier alpha value is -3.06. The van der Waals surface area contributed by atoms with Crippen LogP contribution in [0.25, 0.3) is 17.2 Å². The molecule has 1 amide bonds. The lowest BCUT2D eigenvalue weighted by Gasteiger charge is -2.07. The van der Waals surface area contributed by atoms with Gasteiger partial charge in [-0.05, 0) is 70.7 Å². The highest BCUT2D eigenvalue weighted by Crippen LogP contribution is 2.43. The van der Waals surface area contributed by atoms with Gasteiger partial charge in [-0.2, -0.15) is 0 Å². The first-order chi connectivity index (χ1) is 13.8. The normalized spacial score (nSPS) is 15.3. The molecule has 3 rings (SSSR count). The Morgan fingerprint density at radius 3 is 2.45 bits per heavy atom. The summed E-state index contributed by atoms with van der Waals surface area (Å²) < 4.78 is 25.4. The van der Waals surface area contributed by atoms with E-state index in [-0.39, 0.29) is 6.42 Å². The monoisotopic (exact) mass is 413 g/mol. The van der Waals surface area contributed by atoms with E-state index in [1.165, 1.54) is 12.1 Å². The molecule has 1 aliphatic carbocycles. The van der Waals surface area contributed by atoms with Crippen molar-refractivity contribution in [3.63, 3.8) is 0 Å². The molecule has 0 aromatic heterocycles. The first-order valence-corrected chi connectivity index (χ1v) is 10.5. The number of amides is 1. The highest BCUT2D eigenvalue weighted by Gasteiger charge is 2.25. The maximum Gasteiger partial charge on any atom is 0.322 e. The molecule has 0 saturated carbocycles. The van der Waals surface area contributed by atoms with Crippen LogP contribution in [0.4, 0.5) is 4.39 Å². The average molecular weight is 413 g/mol. The SMILES string of the molecule is CC1=C(CC(=O)NCC(=O)O)c2cc(F)ccc2/C1=C\c1ccc(S(C)=O)cc1. The summed E-state index contributed by atoms with van der Waals surface area (Å²) in [5, 5.41) is 11.1. The number of carboxylic acids is 1. The third-order valence-electron chi connectivity index (χ3n) is 4.75. The van der Waals surface area contributed by atoms with Crippen molar-refractivity contribution in [3.05, 3.63) is 70.5 Å². The molecule has 150 valence electrons. The van der Waals surface area contributed by atoms with E-state index in [0.717, 1.165) is 27.2 Å². The Kier molecular flexibility index (Phi) is 6.08. The molecular weight excluding hydrogens is 393 g/mol. The molecule has 1 atom stereocenters. The number of benzene rings is 2. The van der Waals surface area contributed by atoms with Crippen LogP contribution in [-0.2, 0) is 20.4 Å². The molecule has 0 saturated heterocycles.